The highest BCUT2D eigenvalue weighted by Crippen LogP contribution is 2.24. The van der Waals surface area contributed by atoms with E-state index in [-0.39, 0.29) is 0 Å². The highest BCUT2D eigenvalue weighted by atomic mass is 15.0. The second-order valence-electron chi connectivity index (χ2n) is 5.20. The van der Waals surface area contributed by atoms with Crippen molar-refractivity contribution in [3.63, 3.8) is 0 Å². The summed E-state index contributed by atoms with van der Waals surface area (Å²) in [7, 11) is 0. The molecule has 0 bridgehead atoms. The first-order valence-electron chi connectivity index (χ1n) is 7.48. The van der Waals surface area contributed by atoms with Gasteiger partial charge in [0.2, 0.25) is 0 Å². The Morgan fingerprint density at radius 1 is 1.06 bits per heavy atom. The molecular weight excluding hydrogens is 222 g/mol. The number of nitrogens with one attached hydrogen (secondary N) is 1. The van der Waals surface area contributed by atoms with Crippen LogP contribution in [0.15, 0.2) is 6.33 Å². The smallest absolute Gasteiger partial charge is 0.132 e. The monoisotopic (exact) mass is 247 g/mol. The molecule has 0 aliphatic heterocycles. The first kappa shape index (κ1) is 13.3. The van der Waals surface area contributed by atoms with Crippen LogP contribution in [-0.2, 0) is 12.8 Å². The Balaban J connectivity index is 1.66. The number of aromatic nitrogens is 2. The van der Waals surface area contributed by atoms with Gasteiger partial charge in [0.05, 0.1) is 0 Å². The second-order valence-corrected chi connectivity index (χ2v) is 5.20. The first-order valence-corrected chi connectivity index (χ1v) is 7.48. The highest BCUT2D eigenvalue weighted by molar-refractivity contribution is 5.47. The van der Waals surface area contributed by atoms with Gasteiger partial charge in [0.15, 0.2) is 0 Å². The summed E-state index contributed by atoms with van der Waals surface area (Å²) in [6.45, 7) is 3.31. The van der Waals surface area contributed by atoms with Crippen molar-refractivity contribution in [1.29, 1.82) is 0 Å². The van der Waals surface area contributed by atoms with E-state index in [1.807, 2.05) is 0 Å². The fraction of sp³-hybridized carbons (Fsp3) is 0.733. The van der Waals surface area contributed by atoms with Crippen LogP contribution in [0.3, 0.4) is 0 Å². The van der Waals surface area contributed by atoms with Crippen LogP contribution in [0.2, 0.25) is 0 Å². The number of hydrogen-bond donors (Lipinski definition) is 1. The molecular formula is C15H25N3. The van der Waals surface area contributed by atoms with Crippen LogP contribution in [0.4, 0.5) is 5.82 Å². The van der Waals surface area contributed by atoms with Gasteiger partial charge in [0.1, 0.15) is 12.1 Å². The van der Waals surface area contributed by atoms with Gasteiger partial charge < -0.3 is 5.32 Å². The van der Waals surface area contributed by atoms with E-state index in [2.05, 4.69) is 22.2 Å². The first-order chi connectivity index (χ1) is 8.92. The summed E-state index contributed by atoms with van der Waals surface area (Å²) >= 11 is 0. The lowest BCUT2D eigenvalue weighted by Crippen LogP contribution is -2.07. The predicted molar refractivity (Wildman–Crippen MR) is 75.9 cm³/mol. The van der Waals surface area contributed by atoms with Crippen LogP contribution in [0.25, 0.3) is 0 Å². The Morgan fingerprint density at radius 2 is 1.89 bits per heavy atom. The van der Waals surface area contributed by atoms with E-state index in [1.165, 1.54) is 56.2 Å². The van der Waals surface area contributed by atoms with Crippen molar-refractivity contribution in [1.82, 2.24) is 9.97 Å². The lowest BCUT2D eigenvalue weighted by Gasteiger charge is -2.09. The van der Waals surface area contributed by atoms with Crippen molar-refractivity contribution in [2.45, 2.75) is 64.7 Å². The van der Waals surface area contributed by atoms with Gasteiger partial charge in [-0.05, 0) is 25.7 Å². The van der Waals surface area contributed by atoms with Crippen LogP contribution in [0.5, 0.6) is 0 Å². The minimum atomic E-state index is 1.05. The third-order valence-electron chi connectivity index (χ3n) is 3.70. The zero-order valence-electron chi connectivity index (χ0n) is 11.5. The minimum Gasteiger partial charge on any atom is -0.370 e. The van der Waals surface area contributed by atoms with Crippen LogP contribution < -0.4 is 5.32 Å². The highest BCUT2D eigenvalue weighted by Gasteiger charge is 2.16. The molecule has 1 aliphatic carbocycles. The SMILES string of the molecule is CCCCCCCCNc1ncnc2c1CCC2. The number of nitrogens with zero attached hydrogens (tertiary/aromatic N) is 2. The molecule has 1 aromatic heterocycles. The molecule has 0 atom stereocenters. The van der Waals surface area contributed by atoms with Crippen LogP contribution >= 0.6 is 0 Å². The van der Waals surface area contributed by atoms with Gasteiger partial charge in [0.25, 0.3) is 0 Å². The Bertz CT molecular complexity index is 363. The van der Waals surface area contributed by atoms with Gasteiger partial charge in [-0.15, -0.1) is 0 Å². The molecule has 1 aliphatic rings. The quantitative estimate of drug-likeness (QED) is 0.711. The standard InChI is InChI=1S/C15H25N3/c1-2-3-4-5-6-7-11-16-15-13-9-8-10-14(13)17-12-18-15/h12H,2-11H2,1H3,(H,16,17,18). The summed E-state index contributed by atoms with van der Waals surface area (Å²) in [6, 6.07) is 0. The molecule has 0 spiro atoms. The summed E-state index contributed by atoms with van der Waals surface area (Å²) in [5, 5.41) is 3.48. The molecule has 0 saturated carbocycles. The van der Waals surface area contributed by atoms with Gasteiger partial charge >= 0.3 is 0 Å². The van der Waals surface area contributed by atoms with E-state index in [9.17, 15) is 0 Å². The summed E-state index contributed by atoms with van der Waals surface area (Å²) in [4.78, 5) is 8.72. The number of unbranched alkanes of at least 4 members (excludes halogenated alkanes) is 5. The molecule has 0 radical (unpaired) electrons. The molecule has 0 unspecified atom stereocenters. The van der Waals surface area contributed by atoms with Crippen molar-refractivity contribution in [3.8, 4) is 0 Å². The zero-order valence-corrected chi connectivity index (χ0v) is 11.5. The van der Waals surface area contributed by atoms with Crippen LogP contribution in [0.1, 0.15) is 63.1 Å². The minimum absolute atomic E-state index is 1.05. The van der Waals surface area contributed by atoms with Crippen LogP contribution in [0, 0.1) is 0 Å². The number of aryl methyl sites for hydroxylation is 1. The van der Waals surface area contributed by atoms with Crippen LogP contribution in [-0.4, -0.2) is 16.5 Å². The van der Waals surface area contributed by atoms with Gasteiger partial charge in [-0.25, -0.2) is 9.97 Å². The average molecular weight is 247 g/mol. The molecule has 100 valence electrons. The average Bonchev–Trinajstić information content (AvgIpc) is 2.86. The molecule has 3 heteroatoms. The summed E-state index contributed by atoms with van der Waals surface area (Å²) in [6.07, 6.45) is 13.3. The lowest BCUT2D eigenvalue weighted by atomic mass is 10.1. The molecule has 1 aromatic rings. The summed E-state index contributed by atoms with van der Waals surface area (Å²) in [5.41, 5.74) is 2.62. The predicted octanol–water partition coefficient (Wildman–Crippen LogP) is 3.74. The number of fused-ring (bicyclic) bond motifs is 1. The molecule has 0 saturated heterocycles. The maximum Gasteiger partial charge on any atom is 0.132 e. The van der Waals surface area contributed by atoms with E-state index < -0.39 is 0 Å². The van der Waals surface area contributed by atoms with E-state index >= 15 is 0 Å². The lowest BCUT2D eigenvalue weighted by molar-refractivity contribution is 0.616. The molecule has 2 rings (SSSR count). The second kappa shape index (κ2) is 7.34. The van der Waals surface area contributed by atoms with E-state index in [0.29, 0.717) is 0 Å². The number of rotatable bonds is 8. The Labute approximate surface area is 110 Å². The van der Waals surface area contributed by atoms with E-state index in [0.717, 1.165) is 25.2 Å². The van der Waals surface area contributed by atoms with Gasteiger partial charge in [-0.2, -0.15) is 0 Å². The molecule has 0 fully saturated rings. The molecule has 1 heterocycles. The molecule has 3 nitrogen and oxygen atoms in total. The fourth-order valence-corrected chi connectivity index (χ4v) is 2.62. The topological polar surface area (TPSA) is 37.8 Å². The maximum absolute atomic E-state index is 4.38. The number of anilines is 1. The van der Waals surface area contributed by atoms with E-state index in [4.69, 9.17) is 0 Å². The molecule has 1 N–H and O–H groups in total. The Hall–Kier alpha value is -1.12. The third-order valence-corrected chi connectivity index (χ3v) is 3.70. The Morgan fingerprint density at radius 3 is 2.78 bits per heavy atom. The number of hydrogen-bond acceptors (Lipinski definition) is 3. The van der Waals surface area contributed by atoms with Crippen molar-refractivity contribution < 1.29 is 0 Å². The maximum atomic E-state index is 4.38. The van der Waals surface area contributed by atoms with Crippen molar-refractivity contribution in [2.75, 3.05) is 11.9 Å². The molecule has 0 aromatic carbocycles. The van der Waals surface area contributed by atoms with Crippen molar-refractivity contribution in [2.24, 2.45) is 0 Å². The van der Waals surface area contributed by atoms with Gasteiger partial charge in [-0.1, -0.05) is 39.0 Å². The normalized spacial score (nSPS) is 13.6. The van der Waals surface area contributed by atoms with Crippen molar-refractivity contribution in [3.05, 3.63) is 17.6 Å². The van der Waals surface area contributed by atoms with E-state index in [1.54, 1.807) is 6.33 Å². The van der Waals surface area contributed by atoms with Gasteiger partial charge in [-0.3, -0.25) is 0 Å². The molecule has 0 amide bonds. The van der Waals surface area contributed by atoms with Crippen molar-refractivity contribution >= 4 is 5.82 Å². The summed E-state index contributed by atoms with van der Waals surface area (Å²) in [5.74, 6) is 1.09. The van der Waals surface area contributed by atoms with Gasteiger partial charge in [0, 0.05) is 17.8 Å². The third kappa shape index (κ3) is 3.69. The molecule has 18 heavy (non-hydrogen) atoms. The fourth-order valence-electron chi connectivity index (χ4n) is 2.62. The Kier molecular flexibility index (Phi) is 5.43. The summed E-state index contributed by atoms with van der Waals surface area (Å²) < 4.78 is 0. The largest absolute Gasteiger partial charge is 0.370 e. The zero-order chi connectivity index (χ0) is 12.6.